The summed E-state index contributed by atoms with van der Waals surface area (Å²) in [6, 6.07) is 2.20. The summed E-state index contributed by atoms with van der Waals surface area (Å²) in [7, 11) is 0. The van der Waals surface area contributed by atoms with Crippen molar-refractivity contribution < 1.29 is 9.53 Å². The summed E-state index contributed by atoms with van der Waals surface area (Å²) < 4.78 is 8.71. The number of rotatable bonds is 3. The number of amides is 1. The van der Waals surface area contributed by atoms with Gasteiger partial charge in [-0.05, 0) is 48.1 Å². The van der Waals surface area contributed by atoms with Crippen molar-refractivity contribution in [1.29, 1.82) is 0 Å². The maximum absolute atomic E-state index is 13.0. The molecule has 0 bridgehead atoms. The monoisotopic (exact) mass is 386 g/mol. The summed E-state index contributed by atoms with van der Waals surface area (Å²) in [5.41, 5.74) is 0.955. The van der Waals surface area contributed by atoms with E-state index in [0.717, 1.165) is 64.2 Å². The first-order valence-electron chi connectivity index (χ1n) is 9.95. The van der Waals surface area contributed by atoms with Gasteiger partial charge in [-0.3, -0.25) is 9.69 Å². The van der Waals surface area contributed by atoms with Gasteiger partial charge in [0.25, 0.3) is 5.91 Å². The topological polar surface area (TPSA) is 50.6 Å². The van der Waals surface area contributed by atoms with Crippen LogP contribution >= 0.6 is 11.3 Å². The Kier molecular flexibility index (Phi) is 4.53. The molecule has 27 heavy (non-hydrogen) atoms. The van der Waals surface area contributed by atoms with Crippen molar-refractivity contribution in [3.05, 3.63) is 40.6 Å². The zero-order chi connectivity index (χ0) is 18.3. The molecule has 0 radical (unpaired) electrons. The van der Waals surface area contributed by atoms with E-state index in [0.29, 0.717) is 6.54 Å². The molecular formula is C20H26N4O2S. The molecule has 3 aliphatic heterocycles. The fourth-order valence-corrected chi connectivity index (χ4v) is 5.38. The van der Waals surface area contributed by atoms with Crippen LogP contribution in [0.25, 0.3) is 0 Å². The largest absolute Gasteiger partial charge is 0.352 e. The summed E-state index contributed by atoms with van der Waals surface area (Å²) in [5, 5.41) is 4.36. The standard InChI is InChI=1S/C20H26N4O2S/c25-18(23-7-1-2-8-23)17-14-24-11-6-21-19(24)20(26-17)4-9-22(10-5-20)13-16-3-12-27-15-16/h3,6,11-12,15,17H,1-2,4-5,7-10,13-14H2. The first-order chi connectivity index (χ1) is 13.2. The van der Waals surface area contributed by atoms with Gasteiger partial charge in [-0.25, -0.2) is 4.98 Å². The van der Waals surface area contributed by atoms with Gasteiger partial charge in [0.05, 0.1) is 6.54 Å². The zero-order valence-corrected chi connectivity index (χ0v) is 16.4. The molecule has 0 saturated carbocycles. The fourth-order valence-electron chi connectivity index (χ4n) is 4.72. The first-order valence-corrected chi connectivity index (χ1v) is 10.9. The van der Waals surface area contributed by atoms with E-state index in [1.165, 1.54) is 5.56 Å². The normalized spacial score (nSPS) is 25.0. The molecule has 1 atom stereocenters. The van der Waals surface area contributed by atoms with Crippen molar-refractivity contribution >= 4 is 17.2 Å². The zero-order valence-electron chi connectivity index (χ0n) is 15.5. The lowest BCUT2D eigenvalue weighted by molar-refractivity contribution is -0.180. The molecule has 3 aliphatic rings. The third-order valence-corrected chi connectivity index (χ3v) is 6.93. The van der Waals surface area contributed by atoms with Crippen LogP contribution in [-0.4, -0.2) is 57.5 Å². The van der Waals surface area contributed by atoms with Crippen molar-refractivity contribution in [2.75, 3.05) is 26.2 Å². The molecule has 0 N–H and O–H groups in total. The van der Waals surface area contributed by atoms with Gasteiger partial charge in [-0.1, -0.05) is 0 Å². The number of thiophene rings is 1. The summed E-state index contributed by atoms with van der Waals surface area (Å²) in [5.74, 6) is 1.16. The molecule has 144 valence electrons. The Balaban J connectivity index is 1.33. The maximum Gasteiger partial charge on any atom is 0.253 e. The summed E-state index contributed by atoms with van der Waals surface area (Å²) in [4.78, 5) is 22.1. The maximum atomic E-state index is 13.0. The van der Waals surface area contributed by atoms with Gasteiger partial charge in [-0.2, -0.15) is 11.3 Å². The Hall–Kier alpha value is -1.70. The highest BCUT2D eigenvalue weighted by Gasteiger charge is 2.47. The van der Waals surface area contributed by atoms with E-state index in [1.54, 1.807) is 11.3 Å². The van der Waals surface area contributed by atoms with Crippen LogP contribution in [0.1, 0.15) is 37.1 Å². The van der Waals surface area contributed by atoms with Gasteiger partial charge in [0.15, 0.2) is 6.10 Å². The number of carbonyl (C=O) groups is 1. The van der Waals surface area contributed by atoms with Gasteiger partial charge in [0.2, 0.25) is 0 Å². The Morgan fingerprint density at radius 2 is 2.07 bits per heavy atom. The summed E-state index contributed by atoms with van der Waals surface area (Å²) in [6.07, 6.45) is 7.46. The Bertz CT molecular complexity index is 789. The van der Waals surface area contributed by atoms with E-state index in [4.69, 9.17) is 4.74 Å². The van der Waals surface area contributed by atoms with Crippen LogP contribution in [0.15, 0.2) is 29.2 Å². The van der Waals surface area contributed by atoms with Gasteiger partial charge in [0.1, 0.15) is 11.4 Å². The third kappa shape index (κ3) is 3.22. The van der Waals surface area contributed by atoms with Crippen LogP contribution in [0, 0.1) is 0 Å². The number of likely N-dealkylation sites (tertiary alicyclic amines) is 2. The van der Waals surface area contributed by atoms with Crippen molar-refractivity contribution in [1.82, 2.24) is 19.4 Å². The molecule has 7 heteroatoms. The Labute approximate surface area is 163 Å². The van der Waals surface area contributed by atoms with E-state index < -0.39 is 5.60 Å². The number of piperidine rings is 1. The third-order valence-electron chi connectivity index (χ3n) is 6.20. The second-order valence-electron chi connectivity index (χ2n) is 7.94. The van der Waals surface area contributed by atoms with Crippen LogP contribution in [0.3, 0.4) is 0 Å². The molecule has 1 spiro atoms. The Morgan fingerprint density at radius 3 is 2.81 bits per heavy atom. The number of ether oxygens (including phenoxy) is 1. The van der Waals surface area contributed by atoms with E-state index in [1.807, 2.05) is 17.3 Å². The predicted molar refractivity (Wildman–Crippen MR) is 103 cm³/mol. The average molecular weight is 387 g/mol. The van der Waals surface area contributed by atoms with Crippen LogP contribution in [0.2, 0.25) is 0 Å². The number of nitrogens with zero attached hydrogens (tertiary/aromatic N) is 4. The van der Waals surface area contributed by atoms with Crippen LogP contribution in [0.4, 0.5) is 0 Å². The number of hydrogen-bond acceptors (Lipinski definition) is 5. The molecule has 1 amide bonds. The highest BCUT2D eigenvalue weighted by Crippen LogP contribution is 2.40. The number of imidazole rings is 1. The lowest BCUT2D eigenvalue weighted by Crippen LogP contribution is -2.54. The fraction of sp³-hybridized carbons (Fsp3) is 0.600. The minimum absolute atomic E-state index is 0.159. The minimum atomic E-state index is -0.424. The quantitative estimate of drug-likeness (QED) is 0.813. The molecule has 2 saturated heterocycles. The summed E-state index contributed by atoms with van der Waals surface area (Å²) in [6.45, 7) is 5.25. The molecule has 2 fully saturated rings. The lowest BCUT2D eigenvalue weighted by atomic mass is 9.88. The van der Waals surface area contributed by atoms with Gasteiger partial charge < -0.3 is 14.2 Å². The van der Waals surface area contributed by atoms with Crippen molar-refractivity contribution in [3.63, 3.8) is 0 Å². The molecule has 5 heterocycles. The lowest BCUT2D eigenvalue weighted by Gasteiger charge is -2.46. The van der Waals surface area contributed by atoms with E-state index >= 15 is 0 Å². The molecule has 0 aliphatic carbocycles. The number of hydrogen-bond donors (Lipinski definition) is 0. The number of fused-ring (bicyclic) bond motifs is 2. The van der Waals surface area contributed by atoms with Crippen molar-refractivity contribution in [2.45, 2.75) is 50.5 Å². The summed E-state index contributed by atoms with van der Waals surface area (Å²) >= 11 is 1.75. The van der Waals surface area contributed by atoms with Crippen LogP contribution in [0.5, 0.6) is 0 Å². The SMILES string of the molecule is O=C(C1Cn2ccnc2C2(CCN(Cc3ccsc3)CC2)O1)N1CCCC1. The van der Waals surface area contributed by atoms with E-state index in [9.17, 15) is 4.79 Å². The molecular weight excluding hydrogens is 360 g/mol. The van der Waals surface area contributed by atoms with Crippen LogP contribution in [-0.2, 0) is 28.2 Å². The molecule has 5 rings (SSSR count). The van der Waals surface area contributed by atoms with Crippen molar-refractivity contribution in [2.24, 2.45) is 0 Å². The van der Waals surface area contributed by atoms with Gasteiger partial charge >= 0.3 is 0 Å². The molecule has 1 unspecified atom stereocenters. The Morgan fingerprint density at radius 1 is 1.26 bits per heavy atom. The average Bonchev–Trinajstić information content (AvgIpc) is 3.45. The predicted octanol–water partition coefficient (Wildman–Crippen LogP) is 2.46. The highest BCUT2D eigenvalue weighted by atomic mass is 32.1. The number of aromatic nitrogens is 2. The second-order valence-corrected chi connectivity index (χ2v) is 8.72. The molecule has 2 aromatic rings. The van der Waals surface area contributed by atoms with Gasteiger partial charge in [-0.15, -0.1) is 0 Å². The molecule has 6 nitrogen and oxygen atoms in total. The second kappa shape index (κ2) is 7.04. The molecule has 0 aromatic carbocycles. The first kappa shape index (κ1) is 17.4. The van der Waals surface area contributed by atoms with Crippen molar-refractivity contribution in [3.8, 4) is 0 Å². The van der Waals surface area contributed by atoms with Crippen LogP contribution < -0.4 is 0 Å². The number of carbonyl (C=O) groups excluding carboxylic acids is 1. The molecule has 2 aromatic heterocycles. The van der Waals surface area contributed by atoms with E-state index in [2.05, 4.69) is 31.3 Å². The smallest absolute Gasteiger partial charge is 0.253 e. The van der Waals surface area contributed by atoms with Gasteiger partial charge in [0, 0.05) is 45.1 Å². The highest BCUT2D eigenvalue weighted by molar-refractivity contribution is 7.07. The minimum Gasteiger partial charge on any atom is -0.352 e. The van der Waals surface area contributed by atoms with E-state index in [-0.39, 0.29) is 12.0 Å².